The number of hydrogen-bond acceptors (Lipinski definition) is 7. The highest BCUT2D eigenvalue weighted by Crippen LogP contribution is 2.20. The Kier molecular flexibility index (Phi) is 4.33. The zero-order valence-corrected chi connectivity index (χ0v) is 13.0. The van der Waals surface area contributed by atoms with Crippen LogP contribution in [-0.4, -0.2) is 44.6 Å². The largest absolute Gasteiger partial charge is 0.468 e. The van der Waals surface area contributed by atoms with Gasteiger partial charge in [-0.15, -0.1) is 5.10 Å². The molecule has 0 radical (unpaired) electrons. The Morgan fingerprint density at radius 3 is 2.96 bits per heavy atom. The Morgan fingerprint density at radius 1 is 1.35 bits per heavy atom. The average molecular weight is 333 g/mol. The van der Waals surface area contributed by atoms with Crippen molar-refractivity contribution in [3.63, 3.8) is 0 Å². The monoisotopic (exact) mass is 332 g/mol. The number of benzene rings is 1. The van der Waals surface area contributed by atoms with Crippen LogP contribution in [0.5, 0.6) is 0 Å². The molecule has 1 aromatic carbocycles. The first-order valence-electron chi connectivity index (χ1n) is 6.77. The Hall–Kier alpha value is -2.74. The fourth-order valence-corrected chi connectivity index (χ4v) is 2.24. The van der Waals surface area contributed by atoms with Crippen LogP contribution in [0, 0.1) is 0 Å². The minimum absolute atomic E-state index is 0.0139. The van der Waals surface area contributed by atoms with E-state index < -0.39 is 5.97 Å². The number of ether oxygens (including phenoxy) is 1. The number of carbonyl (C=O) groups excluding carboxylic acids is 1. The van der Waals surface area contributed by atoms with Gasteiger partial charge in [-0.25, -0.2) is 14.6 Å². The van der Waals surface area contributed by atoms with Gasteiger partial charge in [-0.3, -0.25) is 4.79 Å². The van der Waals surface area contributed by atoms with Gasteiger partial charge in [0.15, 0.2) is 17.0 Å². The van der Waals surface area contributed by atoms with Crippen LogP contribution in [0.25, 0.3) is 11.2 Å². The number of anilines is 1. The zero-order chi connectivity index (χ0) is 16.2. The van der Waals surface area contributed by atoms with Gasteiger partial charge in [-0.1, -0.05) is 35.0 Å². The van der Waals surface area contributed by atoms with Crippen LogP contribution in [0.2, 0.25) is 5.02 Å². The summed E-state index contributed by atoms with van der Waals surface area (Å²) in [7, 11) is 1.32. The molecule has 0 saturated carbocycles. The van der Waals surface area contributed by atoms with Gasteiger partial charge in [0.25, 0.3) is 0 Å². The van der Waals surface area contributed by atoms with Crippen LogP contribution < -0.4 is 5.32 Å². The van der Waals surface area contributed by atoms with Crippen molar-refractivity contribution in [2.75, 3.05) is 19.0 Å². The van der Waals surface area contributed by atoms with Crippen molar-refractivity contribution >= 4 is 34.6 Å². The second-order valence-electron chi connectivity index (χ2n) is 4.66. The molecule has 0 unspecified atom stereocenters. The fraction of sp³-hybridized carbons (Fsp3) is 0.214. The Balaban J connectivity index is 1.89. The molecule has 2 heterocycles. The number of fused-ring (bicyclic) bond motifs is 1. The normalized spacial score (nSPS) is 10.7. The summed E-state index contributed by atoms with van der Waals surface area (Å²) in [5, 5.41) is 11.7. The number of nitrogens with zero attached hydrogens (tertiary/aromatic N) is 5. The van der Waals surface area contributed by atoms with E-state index in [2.05, 4.69) is 30.3 Å². The minimum Gasteiger partial charge on any atom is -0.468 e. The highest BCUT2D eigenvalue weighted by atomic mass is 35.5. The summed E-state index contributed by atoms with van der Waals surface area (Å²) in [5.41, 5.74) is 1.93. The molecule has 0 atom stereocenters. The Bertz CT molecular complexity index is 850. The molecule has 3 rings (SSSR count). The maximum absolute atomic E-state index is 11.2. The second-order valence-corrected chi connectivity index (χ2v) is 5.07. The van der Waals surface area contributed by atoms with Crippen molar-refractivity contribution in [2.45, 2.75) is 6.54 Å². The van der Waals surface area contributed by atoms with E-state index >= 15 is 0 Å². The smallest absolute Gasteiger partial charge is 0.325 e. The van der Waals surface area contributed by atoms with Crippen molar-refractivity contribution in [2.24, 2.45) is 0 Å². The van der Waals surface area contributed by atoms with Gasteiger partial charge in [0.1, 0.15) is 12.9 Å². The molecular weight excluding hydrogens is 320 g/mol. The molecule has 0 aliphatic heterocycles. The number of carbonyl (C=O) groups is 1. The zero-order valence-electron chi connectivity index (χ0n) is 12.2. The highest BCUT2D eigenvalue weighted by molar-refractivity contribution is 6.31. The van der Waals surface area contributed by atoms with E-state index in [0.29, 0.717) is 28.5 Å². The third-order valence-electron chi connectivity index (χ3n) is 3.21. The molecule has 3 aromatic rings. The number of rotatable bonds is 5. The summed E-state index contributed by atoms with van der Waals surface area (Å²) in [5.74, 6) is 0.0195. The molecule has 9 heteroatoms. The third kappa shape index (κ3) is 3.21. The Morgan fingerprint density at radius 2 is 2.17 bits per heavy atom. The lowest BCUT2D eigenvalue weighted by atomic mass is 10.2. The lowest BCUT2D eigenvalue weighted by Gasteiger charge is -2.05. The summed E-state index contributed by atoms with van der Waals surface area (Å²) in [6.07, 6.45) is 1.38. The number of halogens is 1. The van der Waals surface area contributed by atoms with Gasteiger partial charge >= 0.3 is 5.97 Å². The molecule has 118 valence electrons. The molecule has 8 nitrogen and oxygen atoms in total. The average Bonchev–Trinajstić information content (AvgIpc) is 2.98. The minimum atomic E-state index is -0.403. The van der Waals surface area contributed by atoms with Gasteiger partial charge in [-0.05, 0) is 11.6 Å². The van der Waals surface area contributed by atoms with Crippen molar-refractivity contribution in [1.29, 1.82) is 0 Å². The van der Waals surface area contributed by atoms with Crippen molar-refractivity contribution in [3.8, 4) is 0 Å². The summed E-state index contributed by atoms with van der Waals surface area (Å²) in [6, 6.07) is 7.49. The first-order valence-corrected chi connectivity index (χ1v) is 7.15. The lowest BCUT2D eigenvalue weighted by Crippen LogP contribution is -2.16. The van der Waals surface area contributed by atoms with E-state index in [1.807, 2.05) is 24.3 Å². The molecule has 0 spiro atoms. The van der Waals surface area contributed by atoms with Gasteiger partial charge in [0.05, 0.1) is 13.7 Å². The lowest BCUT2D eigenvalue weighted by molar-refractivity contribution is -0.138. The van der Waals surface area contributed by atoms with Crippen LogP contribution in [0.4, 0.5) is 5.82 Å². The molecule has 1 N–H and O–H groups in total. The first kappa shape index (κ1) is 15.2. The summed E-state index contributed by atoms with van der Waals surface area (Å²) >= 11 is 6.17. The van der Waals surface area contributed by atoms with E-state index in [1.165, 1.54) is 13.4 Å². The standard InChI is InChI=1S/C14H13ClN6O2/c1-23-11(22)6-16-13-12-14(18-8-17-13)21(20-19-12)7-9-4-2-3-5-10(9)15/h2-5,8H,6-7H2,1H3,(H,16,17,18). The number of methoxy groups -OCH3 is 1. The van der Waals surface area contributed by atoms with Crippen LogP contribution in [0.3, 0.4) is 0 Å². The molecule has 0 bridgehead atoms. The molecule has 0 amide bonds. The molecule has 0 aliphatic carbocycles. The molecular formula is C14H13ClN6O2. The SMILES string of the molecule is COC(=O)CNc1ncnc2c1nnn2Cc1ccccc1Cl. The van der Waals surface area contributed by atoms with Gasteiger partial charge in [0.2, 0.25) is 0 Å². The van der Waals surface area contributed by atoms with Gasteiger partial charge in [-0.2, -0.15) is 0 Å². The van der Waals surface area contributed by atoms with E-state index in [1.54, 1.807) is 4.68 Å². The maximum atomic E-state index is 11.2. The predicted octanol–water partition coefficient (Wildman–Crippen LogP) is 1.51. The second kappa shape index (κ2) is 6.57. The van der Waals surface area contributed by atoms with Crippen molar-refractivity contribution in [1.82, 2.24) is 25.0 Å². The summed E-state index contributed by atoms with van der Waals surface area (Å²) in [4.78, 5) is 19.5. The molecule has 0 saturated heterocycles. The summed E-state index contributed by atoms with van der Waals surface area (Å²) in [6.45, 7) is 0.420. The number of nitrogens with one attached hydrogen (secondary N) is 1. The predicted molar refractivity (Wildman–Crippen MR) is 84.2 cm³/mol. The van der Waals surface area contributed by atoms with Crippen LogP contribution in [0.15, 0.2) is 30.6 Å². The topological polar surface area (TPSA) is 94.8 Å². The van der Waals surface area contributed by atoms with Gasteiger partial charge < -0.3 is 10.1 Å². The van der Waals surface area contributed by atoms with Crippen LogP contribution in [0.1, 0.15) is 5.56 Å². The highest BCUT2D eigenvalue weighted by Gasteiger charge is 2.13. The van der Waals surface area contributed by atoms with Gasteiger partial charge in [0, 0.05) is 5.02 Å². The van der Waals surface area contributed by atoms with E-state index in [4.69, 9.17) is 11.6 Å². The molecule has 0 aliphatic rings. The molecule has 0 fully saturated rings. The first-order chi connectivity index (χ1) is 11.2. The number of aromatic nitrogens is 5. The third-order valence-corrected chi connectivity index (χ3v) is 3.57. The Labute approximate surface area is 136 Å². The van der Waals surface area contributed by atoms with Crippen molar-refractivity contribution < 1.29 is 9.53 Å². The summed E-state index contributed by atoms with van der Waals surface area (Å²) < 4.78 is 6.21. The number of esters is 1. The van der Waals surface area contributed by atoms with Crippen LogP contribution in [-0.2, 0) is 16.1 Å². The van der Waals surface area contributed by atoms with E-state index in [-0.39, 0.29) is 6.54 Å². The molecule has 2 aromatic heterocycles. The maximum Gasteiger partial charge on any atom is 0.325 e. The van der Waals surface area contributed by atoms with Crippen LogP contribution >= 0.6 is 11.6 Å². The number of hydrogen-bond donors (Lipinski definition) is 1. The quantitative estimate of drug-likeness (QED) is 0.707. The molecule has 23 heavy (non-hydrogen) atoms. The van der Waals surface area contributed by atoms with E-state index in [9.17, 15) is 4.79 Å². The fourth-order valence-electron chi connectivity index (χ4n) is 2.04. The van der Waals surface area contributed by atoms with Crippen molar-refractivity contribution in [3.05, 3.63) is 41.2 Å². The van der Waals surface area contributed by atoms with E-state index in [0.717, 1.165) is 5.56 Å².